The summed E-state index contributed by atoms with van der Waals surface area (Å²) in [6.45, 7) is 4.65. The molecule has 5 atom stereocenters. The van der Waals surface area contributed by atoms with Gasteiger partial charge in [0.15, 0.2) is 11.5 Å². The highest BCUT2D eigenvalue weighted by Crippen LogP contribution is 2.49. The molecule has 1 saturated carbocycles. The van der Waals surface area contributed by atoms with Gasteiger partial charge in [0.25, 0.3) is 5.91 Å². The van der Waals surface area contributed by atoms with Crippen LogP contribution in [0.4, 0.5) is 0 Å². The smallest absolute Gasteiger partial charge is 0.290 e. The molecule has 1 aliphatic carbocycles. The number of hydrogen-bond acceptors (Lipinski definition) is 4. The molecule has 5 rings (SSSR count). The Kier molecular flexibility index (Phi) is 4.73. The van der Waals surface area contributed by atoms with Crippen LogP contribution < -0.4 is 0 Å². The van der Waals surface area contributed by atoms with E-state index in [2.05, 4.69) is 13.8 Å². The van der Waals surface area contributed by atoms with Gasteiger partial charge in [-0.1, -0.05) is 37.6 Å². The Morgan fingerprint density at radius 2 is 1.80 bits per heavy atom. The lowest BCUT2D eigenvalue weighted by atomic mass is 9.70. The van der Waals surface area contributed by atoms with Crippen molar-refractivity contribution in [3.63, 3.8) is 0 Å². The monoisotopic (exact) mass is 425 g/mol. The van der Waals surface area contributed by atoms with Gasteiger partial charge in [0, 0.05) is 5.02 Å². The van der Waals surface area contributed by atoms with Crippen LogP contribution in [0.15, 0.2) is 58.4 Å². The van der Waals surface area contributed by atoms with Crippen molar-refractivity contribution in [1.29, 1.82) is 0 Å². The van der Waals surface area contributed by atoms with Gasteiger partial charge in [-0.2, -0.15) is 0 Å². The third-order valence-electron chi connectivity index (χ3n) is 6.90. The molecule has 1 aromatic carbocycles. The van der Waals surface area contributed by atoms with Crippen LogP contribution in [0.25, 0.3) is 0 Å². The molecule has 30 heavy (non-hydrogen) atoms. The second kappa shape index (κ2) is 7.31. The van der Waals surface area contributed by atoms with E-state index in [0.717, 1.165) is 18.4 Å². The number of hydrogen-bond donors (Lipinski definition) is 0. The van der Waals surface area contributed by atoms with Gasteiger partial charge in [-0.15, -0.1) is 0 Å². The molecule has 3 heterocycles. The third-order valence-corrected chi connectivity index (χ3v) is 7.15. The van der Waals surface area contributed by atoms with Crippen molar-refractivity contribution in [1.82, 2.24) is 4.90 Å². The molecule has 156 valence electrons. The number of rotatable bonds is 3. The quantitative estimate of drug-likeness (QED) is 0.700. The van der Waals surface area contributed by atoms with Crippen molar-refractivity contribution in [2.45, 2.75) is 45.4 Å². The van der Waals surface area contributed by atoms with Crippen LogP contribution >= 0.6 is 11.6 Å². The maximum absolute atomic E-state index is 13.7. The van der Waals surface area contributed by atoms with E-state index in [1.54, 1.807) is 29.4 Å². The molecule has 0 radical (unpaired) electrons. The minimum absolute atomic E-state index is 0.0512. The zero-order valence-electron chi connectivity index (χ0n) is 17.0. The summed E-state index contributed by atoms with van der Waals surface area (Å²) in [6.07, 6.45) is 2.95. The topological polar surface area (TPSA) is 59.8 Å². The Morgan fingerprint density at radius 3 is 2.50 bits per heavy atom. The molecule has 2 aliphatic heterocycles. The van der Waals surface area contributed by atoms with Gasteiger partial charge in [-0.25, -0.2) is 0 Å². The zero-order valence-corrected chi connectivity index (χ0v) is 17.8. The highest BCUT2D eigenvalue weighted by Gasteiger charge is 2.53. The normalized spacial score (nSPS) is 30.9. The number of Topliss-reactive ketones (excluding diaryl/α,β-unsaturated/α-hetero) is 1. The molecular weight excluding hydrogens is 402 g/mol. The maximum Gasteiger partial charge on any atom is 0.290 e. The van der Waals surface area contributed by atoms with Crippen LogP contribution in [0.2, 0.25) is 5.02 Å². The van der Waals surface area contributed by atoms with Crippen molar-refractivity contribution >= 4 is 23.3 Å². The van der Waals surface area contributed by atoms with Crippen molar-refractivity contribution < 1.29 is 18.7 Å². The number of amides is 1. The third kappa shape index (κ3) is 3.07. The first kappa shape index (κ1) is 19.4. The minimum atomic E-state index is -0.502. The largest absolute Gasteiger partial charge is 0.483 e. The Morgan fingerprint density at radius 1 is 1.07 bits per heavy atom. The second-order valence-corrected chi connectivity index (χ2v) is 9.20. The highest BCUT2D eigenvalue weighted by atomic mass is 35.5. The predicted molar refractivity (Wildman–Crippen MR) is 111 cm³/mol. The van der Waals surface area contributed by atoms with Crippen molar-refractivity contribution in [2.24, 2.45) is 17.8 Å². The number of fused-ring (bicyclic) bond motifs is 1. The maximum atomic E-state index is 13.7. The highest BCUT2D eigenvalue weighted by molar-refractivity contribution is 6.30. The van der Waals surface area contributed by atoms with Crippen LogP contribution in [0, 0.1) is 17.8 Å². The Labute approximate surface area is 180 Å². The molecule has 1 amide bonds. The number of furan rings is 1. The van der Waals surface area contributed by atoms with Crippen molar-refractivity contribution in [2.75, 3.05) is 0 Å². The molecule has 0 saturated heterocycles. The summed E-state index contributed by atoms with van der Waals surface area (Å²) < 4.78 is 11.7. The summed E-state index contributed by atoms with van der Waals surface area (Å²) >= 11 is 6.09. The zero-order chi connectivity index (χ0) is 21.0. The lowest BCUT2D eigenvalue weighted by Crippen LogP contribution is -2.43. The first-order valence-electron chi connectivity index (χ1n) is 10.5. The van der Waals surface area contributed by atoms with Crippen LogP contribution in [0.3, 0.4) is 0 Å². The summed E-state index contributed by atoms with van der Waals surface area (Å²) in [6, 6.07) is 10.4. The first-order chi connectivity index (χ1) is 14.4. The molecule has 0 bridgehead atoms. The lowest BCUT2D eigenvalue weighted by molar-refractivity contribution is -0.137. The van der Waals surface area contributed by atoms with Gasteiger partial charge in [-0.3, -0.25) is 9.59 Å². The number of nitrogens with zero attached hydrogens (tertiary/aromatic N) is 1. The van der Waals surface area contributed by atoms with Gasteiger partial charge >= 0.3 is 0 Å². The van der Waals surface area contributed by atoms with Crippen LogP contribution in [-0.4, -0.2) is 22.7 Å². The van der Waals surface area contributed by atoms with E-state index in [1.165, 1.54) is 0 Å². The molecule has 5 nitrogen and oxygen atoms in total. The second-order valence-electron chi connectivity index (χ2n) is 8.76. The Hall–Kier alpha value is -2.53. The minimum Gasteiger partial charge on any atom is -0.483 e. The van der Waals surface area contributed by atoms with E-state index in [9.17, 15) is 9.59 Å². The van der Waals surface area contributed by atoms with Crippen molar-refractivity contribution in [3.05, 3.63) is 70.3 Å². The van der Waals surface area contributed by atoms with E-state index < -0.39 is 6.04 Å². The summed E-state index contributed by atoms with van der Waals surface area (Å²) in [7, 11) is 0. The average Bonchev–Trinajstić information content (AvgIpc) is 3.33. The number of carbonyl (C=O) groups excluding carboxylic acids is 2. The Balaban J connectivity index is 1.57. The molecule has 6 heteroatoms. The SMILES string of the molecule is CC1CC2OC3=C(C(=O)C2CC1C)C(c1ccc(Cl)cc1)N(Cc1ccco1)C3=O. The van der Waals surface area contributed by atoms with Gasteiger partial charge < -0.3 is 14.1 Å². The van der Waals surface area contributed by atoms with E-state index in [-0.39, 0.29) is 36.0 Å². The van der Waals surface area contributed by atoms with Gasteiger partial charge in [0.05, 0.1) is 30.3 Å². The number of carbonyl (C=O) groups is 2. The molecule has 0 N–H and O–H groups in total. The fourth-order valence-electron chi connectivity index (χ4n) is 5.03. The van der Waals surface area contributed by atoms with E-state index in [0.29, 0.717) is 28.2 Å². The number of ketones is 1. The van der Waals surface area contributed by atoms with E-state index in [1.807, 2.05) is 18.2 Å². The average molecular weight is 426 g/mol. The molecule has 3 aliphatic rings. The standard InChI is InChI=1S/C24H24ClNO4/c1-13-10-18-19(11-14(13)2)30-23-20(22(18)27)21(15-5-7-16(25)8-6-15)26(24(23)28)12-17-4-3-9-29-17/h3-9,13-14,18-19,21H,10-12H2,1-2H3. The fourth-order valence-corrected chi connectivity index (χ4v) is 5.16. The molecule has 5 unspecified atom stereocenters. The van der Waals surface area contributed by atoms with Crippen LogP contribution in [-0.2, 0) is 20.9 Å². The van der Waals surface area contributed by atoms with Crippen molar-refractivity contribution in [3.8, 4) is 0 Å². The summed E-state index contributed by atoms with van der Waals surface area (Å²) in [5.41, 5.74) is 1.33. The van der Waals surface area contributed by atoms with Crippen LogP contribution in [0.5, 0.6) is 0 Å². The van der Waals surface area contributed by atoms with Crippen LogP contribution in [0.1, 0.15) is 44.1 Å². The Bertz CT molecular complexity index is 1010. The van der Waals surface area contributed by atoms with Gasteiger partial charge in [-0.05, 0) is 54.5 Å². The number of ether oxygens (including phenoxy) is 1. The lowest BCUT2D eigenvalue weighted by Gasteiger charge is -2.40. The molecule has 1 aromatic heterocycles. The van der Waals surface area contributed by atoms with Gasteiger partial charge in [0.2, 0.25) is 0 Å². The molecular formula is C24H24ClNO4. The van der Waals surface area contributed by atoms with E-state index >= 15 is 0 Å². The fraction of sp³-hybridized carbons (Fsp3) is 0.417. The molecule has 1 fully saturated rings. The van der Waals surface area contributed by atoms with E-state index in [4.69, 9.17) is 20.8 Å². The molecule has 0 spiro atoms. The summed E-state index contributed by atoms with van der Waals surface area (Å²) in [4.78, 5) is 28.8. The number of benzene rings is 1. The predicted octanol–water partition coefficient (Wildman–Crippen LogP) is 4.92. The van der Waals surface area contributed by atoms with Gasteiger partial charge in [0.1, 0.15) is 11.9 Å². The summed E-state index contributed by atoms with van der Waals surface area (Å²) in [5, 5.41) is 0.608. The molecule has 2 aromatic rings. The first-order valence-corrected chi connectivity index (χ1v) is 10.9. The summed E-state index contributed by atoms with van der Waals surface area (Å²) in [5.74, 6) is 1.40. The number of halogens is 1.